The average molecular weight is 506 g/mol. The lowest BCUT2D eigenvalue weighted by atomic mass is 9.75. The maximum Gasteiger partial charge on any atom is 0.00387 e. The third-order valence-corrected chi connectivity index (χ3v) is 6.69. The minimum Gasteiger partial charge on any atom is -0.306 e. The molecule has 0 aliphatic carbocycles. The summed E-state index contributed by atoms with van der Waals surface area (Å²) in [6, 6.07) is 18.5. The Balaban J connectivity index is 0.000000751. The summed E-state index contributed by atoms with van der Waals surface area (Å²) in [7, 11) is 2.29. The molecule has 1 fully saturated rings. The molecule has 0 spiro atoms. The van der Waals surface area contributed by atoms with Gasteiger partial charge in [-0.2, -0.15) is 0 Å². The third-order valence-electron chi connectivity index (χ3n) is 6.69. The van der Waals surface area contributed by atoms with Gasteiger partial charge in [0.2, 0.25) is 0 Å². The Labute approximate surface area is 231 Å². The van der Waals surface area contributed by atoms with Crippen molar-refractivity contribution in [2.45, 2.75) is 107 Å². The van der Waals surface area contributed by atoms with Crippen molar-refractivity contribution in [3.63, 3.8) is 0 Å². The Morgan fingerprint density at radius 2 is 1.59 bits per heavy atom. The van der Waals surface area contributed by atoms with Gasteiger partial charge < -0.3 is 4.90 Å². The highest BCUT2D eigenvalue weighted by molar-refractivity contribution is 5.33. The summed E-state index contributed by atoms with van der Waals surface area (Å²) in [5, 5.41) is 0. The van der Waals surface area contributed by atoms with Gasteiger partial charge in [0, 0.05) is 6.54 Å². The predicted molar refractivity (Wildman–Crippen MR) is 168 cm³/mol. The number of allylic oxidation sites excluding steroid dienone is 1. The molecule has 1 heteroatoms. The molecule has 0 bridgehead atoms. The maximum atomic E-state index is 3.36. The average Bonchev–Trinajstić information content (AvgIpc) is 3.18. The first kappa shape index (κ1) is 33.2. The number of hydrogen-bond donors (Lipinski definition) is 0. The van der Waals surface area contributed by atoms with Gasteiger partial charge in [-0.3, -0.25) is 0 Å². The van der Waals surface area contributed by atoms with E-state index in [1.54, 1.807) is 22.8 Å². The lowest BCUT2D eigenvalue weighted by Crippen LogP contribution is -2.28. The Kier molecular flexibility index (Phi) is 15.1. The molecule has 1 saturated heterocycles. The van der Waals surface area contributed by atoms with Crippen molar-refractivity contribution >= 4 is 0 Å². The molecule has 3 rings (SSSR count). The molecule has 1 aliphatic rings. The summed E-state index contributed by atoms with van der Waals surface area (Å²) < 4.78 is 0. The summed E-state index contributed by atoms with van der Waals surface area (Å²) in [5.41, 5.74) is 7.16. The normalized spacial score (nSPS) is 17.6. The van der Waals surface area contributed by atoms with E-state index in [0.717, 1.165) is 5.92 Å². The molecule has 2 aromatic carbocycles. The fourth-order valence-electron chi connectivity index (χ4n) is 5.11. The van der Waals surface area contributed by atoms with E-state index in [1.807, 2.05) is 6.92 Å². The second kappa shape index (κ2) is 16.9. The van der Waals surface area contributed by atoms with E-state index in [2.05, 4.69) is 116 Å². The Morgan fingerprint density at radius 3 is 2.11 bits per heavy atom. The molecule has 0 N–H and O–H groups in total. The molecule has 37 heavy (non-hydrogen) atoms. The number of rotatable bonds is 10. The Hall–Kier alpha value is -1.86. The second-order valence-electron chi connectivity index (χ2n) is 13.4. The Morgan fingerprint density at radius 1 is 0.973 bits per heavy atom. The monoisotopic (exact) mass is 505 g/mol. The lowest BCUT2D eigenvalue weighted by Gasteiger charge is -2.30. The van der Waals surface area contributed by atoms with Crippen LogP contribution in [-0.4, -0.2) is 25.0 Å². The minimum atomic E-state index is 0.423. The van der Waals surface area contributed by atoms with Gasteiger partial charge in [0.15, 0.2) is 0 Å². The Bertz CT molecular complexity index is 867. The van der Waals surface area contributed by atoms with Crippen LogP contribution in [0.4, 0.5) is 0 Å². The SMILES string of the molecule is C=CC.CC(C)(C)C.CCCCc1cc(CC2(CCc3ccccc3)CCN(C)C2)ccc1CC(C)C. The smallest absolute Gasteiger partial charge is 0.00387 e. The van der Waals surface area contributed by atoms with Gasteiger partial charge in [-0.15, -0.1) is 6.58 Å². The molecule has 0 amide bonds. The molecule has 1 atom stereocenters. The van der Waals surface area contributed by atoms with Crippen LogP contribution in [-0.2, 0) is 25.7 Å². The molecule has 208 valence electrons. The van der Waals surface area contributed by atoms with Crippen LogP contribution in [0, 0.1) is 16.7 Å². The van der Waals surface area contributed by atoms with Crippen LogP contribution >= 0.6 is 0 Å². The van der Waals surface area contributed by atoms with Crippen LogP contribution in [0.3, 0.4) is 0 Å². The van der Waals surface area contributed by atoms with E-state index in [1.165, 1.54) is 70.0 Å². The molecular weight excluding hydrogens is 446 g/mol. The molecule has 0 aromatic heterocycles. The van der Waals surface area contributed by atoms with Crippen LogP contribution in [0.2, 0.25) is 0 Å². The molecule has 1 heterocycles. The predicted octanol–water partition coefficient (Wildman–Crippen LogP) is 9.97. The van der Waals surface area contributed by atoms with Gasteiger partial charge >= 0.3 is 0 Å². The van der Waals surface area contributed by atoms with E-state index in [9.17, 15) is 0 Å². The van der Waals surface area contributed by atoms with Crippen molar-refractivity contribution in [2.75, 3.05) is 20.1 Å². The number of hydrogen-bond acceptors (Lipinski definition) is 1. The molecule has 0 radical (unpaired) electrons. The van der Waals surface area contributed by atoms with Crippen molar-refractivity contribution in [1.29, 1.82) is 0 Å². The first-order valence-electron chi connectivity index (χ1n) is 14.8. The first-order valence-corrected chi connectivity index (χ1v) is 14.8. The third kappa shape index (κ3) is 14.6. The highest BCUT2D eigenvalue weighted by atomic mass is 15.1. The van der Waals surface area contributed by atoms with Crippen LogP contribution < -0.4 is 0 Å². The standard InChI is InChI=1S/C28H41N.C5H12.C3H6/c1-5-6-12-26-20-25(13-14-27(26)19-23(2)3)21-28(17-18-29(4)22-28)16-15-24-10-8-7-9-11-24;1-5(2,3)4;1-3-2/h7-11,13-14,20,23H,5-6,12,15-19,21-22H2,1-4H3;1-4H3;3H,1H2,2H3. The van der Waals surface area contributed by atoms with E-state index < -0.39 is 0 Å². The number of nitrogens with zero attached hydrogens (tertiary/aromatic N) is 1. The summed E-state index contributed by atoms with van der Waals surface area (Å²) >= 11 is 0. The van der Waals surface area contributed by atoms with Gasteiger partial charge in [-0.25, -0.2) is 0 Å². The van der Waals surface area contributed by atoms with Crippen LogP contribution in [0.25, 0.3) is 0 Å². The molecule has 1 aliphatic heterocycles. The van der Waals surface area contributed by atoms with Crippen molar-refractivity contribution in [1.82, 2.24) is 4.90 Å². The quantitative estimate of drug-likeness (QED) is 0.290. The van der Waals surface area contributed by atoms with E-state index in [-0.39, 0.29) is 0 Å². The lowest BCUT2D eigenvalue weighted by molar-refractivity contribution is 0.258. The minimum absolute atomic E-state index is 0.423. The largest absolute Gasteiger partial charge is 0.306 e. The number of benzene rings is 2. The molecule has 1 nitrogen and oxygen atoms in total. The van der Waals surface area contributed by atoms with Crippen LogP contribution in [0.5, 0.6) is 0 Å². The zero-order chi connectivity index (χ0) is 27.9. The molecular formula is C36H59N. The van der Waals surface area contributed by atoms with E-state index >= 15 is 0 Å². The van der Waals surface area contributed by atoms with Gasteiger partial charge in [0.25, 0.3) is 0 Å². The van der Waals surface area contributed by atoms with Crippen molar-refractivity contribution in [3.05, 3.63) is 83.4 Å². The number of likely N-dealkylation sites (tertiary alicyclic amines) is 1. The zero-order valence-corrected chi connectivity index (χ0v) is 26.0. The van der Waals surface area contributed by atoms with Crippen molar-refractivity contribution < 1.29 is 0 Å². The topological polar surface area (TPSA) is 3.24 Å². The van der Waals surface area contributed by atoms with Crippen molar-refractivity contribution in [2.24, 2.45) is 16.7 Å². The van der Waals surface area contributed by atoms with Gasteiger partial charge in [0.05, 0.1) is 0 Å². The fourth-order valence-corrected chi connectivity index (χ4v) is 5.11. The van der Waals surface area contributed by atoms with Gasteiger partial charge in [-0.1, -0.05) is 109 Å². The maximum absolute atomic E-state index is 3.36. The second-order valence-corrected chi connectivity index (χ2v) is 13.4. The van der Waals surface area contributed by atoms with Crippen LogP contribution in [0.1, 0.15) is 103 Å². The number of unbranched alkanes of at least 4 members (excludes halogenated alkanes) is 1. The van der Waals surface area contributed by atoms with E-state index in [0.29, 0.717) is 10.8 Å². The number of aryl methyl sites for hydroxylation is 2. The highest BCUT2D eigenvalue weighted by Crippen LogP contribution is 2.38. The summed E-state index contributed by atoms with van der Waals surface area (Å²) in [6.45, 7) is 23.5. The fraction of sp³-hybridized carbons (Fsp3) is 0.611. The van der Waals surface area contributed by atoms with Crippen molar-refractivity contribution in [3.8, 4) is 0 Å². The van der Waals surface area contributed by atoms with Gasteiger partial charge in [0.1, 0.15) is 0 Å². The molecule has 0 saturated carbocycles. The molecule has 1 unspecified atom stereocenters. The summed E-state index contributed by atoms with van der Waals surface area (Å²) in [5.74, 6) is 0.724. The molecule has 2 aromatic rings. The zero-order valence-electron chi connectivity index (χ0n) is 26.0. The van der Waals surface area contributed by atoms with Crippen LogP contribution in [0.15, 0.2) is 61.2 Å². The highest BCUT2D eigenvalue weighted by Gasteiger charge is 2.36. The van der Waals surface area contributed by atoms with Gasteiger partial charge in [-0.05, 0) is 104 Å². The summed E-state index contributed by atoms with van der Waals surface area (Å²) in [4.78, 5) is 2.54. The summed E-state index contributed by atoms with van der Waals surface area (Å²) in [6.07, 6.45) is 11.8. The van der Waals surface area contributed by atoms with E-state index in [4.69, 9.17) is 0 Å². The first-order chi connectivity index (χ1) is 17.4.